The highest BCUT2D eigenvalue weighted by molar-refractivity contribution is 5.95. The zero-order valence-electron chi connectivity index (χ0n) is 11.1. The molecule has 108 valence electrons. The lowest BCUT2D eigenvalue weighted by Crippen LogP contribution is -2.49. The molecule has 1 aliphatic carbocycles. The van der Waals surface area contributed by atoms with Crippen LogP contribution in [-0.2, 0) is 4.74 Å². The quantitative estimate of drug-likeness (QED) is 0.852. The number of morpholine rings is 1. The molecule has 0 aromatic heterocycles. The number of nitrogens with zero attached hydrogens (tertiary/aromatic N) is 1. The Balaban J connectivity index is 1.83. The number of amides is 1. The lowest BCUT2D eigenvalue weighted by molar-refractivity contribution is -0.00616. The van der Waals surface area contributed by atoms with E-state index in [1.165, 1.54) is 18.9 Å². The Morgan fingerprint density at radius 2 is 2.00 bits per heavy atom. The second kappa shape index (κ2) is 5.48. The molecule has 0 spiro atoms. The fraction of sp³-hybridized carbons (Fsp3) is 0.533. The van der Waals surface area contributed by atoms with Gasteiger partial charge in [0.15, 0.2) is 0 Å². The Morgan fingerprint density at radius 1 is 1.30 bits per heavy atom. The molecule has 1 saturated heterocycles. The van der Waals surface area contributed by atoms with Crippen LogP contribution >= 0.6 is 0 Å². The van der Waals surface area contributed by atoms with Crippen molar-refractivity contribution in [3.05, 3.63) is 35.4 Å². The Morgan fingerprint density at radius 3 is 2.65 bits per heavy atom. The van der Waals surface area contributed by atoms with Crippen LogP contribution in [0.3, 0.4) is 0 Å². The molecule has 1 unspecified atom stereocenters. The van der Waals surface area contributed by atoms with Crippen molar-refractivity contribution in [3.8, 4) is 0 Å². The third-order valence-corrected chi connectivity index (χ3v) is 3.97. The van der Waals surface area contributed by atoms with Gasteiger partial charge in [0.2, 0.25) is 0 Å². The topological polar surface area (TPSA) is 29.5 Å². The Labute approximate surface area is 116 Å². The second-order valence-corrected chi connectivity index (χ2v) is 5.50. The third kappa shape index (κ3) is 2.68. The summed E-state index contributed by atoms with van der Waals surface area (Å²) in [6.07, 6.45) is 3.21. The molecule has 1 heterocycles. The van der Waals surface area contributed by atoms with Gasteiger partial charge in [-0.2, -0.15) is 0 Å². The molecule has 1 aromatic carbocycles. The molecule has 2 fully saturated rings. The van der Waals surface area contributed by atoms with Crippen LogP contribution in [0.5, 0.6) is 0 Å². The molecule has 5 heteroatoms. The summed E-state index contributed by atoms with van der Waals surface area (Å²) in [4.78, 5) is 14.0. The van der Waals surface area contributed by atoms with E-state index in [0.717, 1.165) is 18.6 Å². The van der Waals surface area contributed by atoms with E-state index in [1.807, 2.05) is 0 Å². The van der Waals surface area contributed by atoms with Crippen molar-refractivity contribution >= 4 is 5.91 Å². The predicted octanol–water partition coefficient (Wildman–Crippen LogP) is 2.61. The second-order valence-electron chi connectivity index (χ2n) is 5.50. The molecule has 0 bridgehead atoms. The van der Waals surface area contributed by atoms with Crippen LogP contribution in [0.25, 0.3) is 0 Å². The van der Waals surface area contributed by atoms with Gasteiger partial charge in [-0.15, -0.1) is 0 Å². The highest BCUT2D eigenvalue weighted by Gasteiger charge is 2.35. The van der Waals surface area contributed by atoms with E-state index < -0.39 is 23.1 Å². The van der Waals surface area contributed by atoms with Gasteiger partial charge in [0.1, 0.15) is 17.2 Å². The average molecular weight is 281 g/mol. The van der Waals surface area contributed by atoms with E-state index in [0.29, 0.717) is 25.7 Å². The van der Waals surface area contributed by atoms with Crippen molar-refractivity contribution in [2.24, 2.45) is 5.92 Å². The lowest BCUT2D eigenvalue weighted by atomic mass is 10.1. The van der Waals surface area contributed by atoms with Crippen molar-refractivity contribution in [3.63, 3.8) is 0 Å². The summed E-state index contributed by atoms with van der Waals surface area (Å²) in [6, 6.07) is 3.43. The molecule has 0 radical (unpaired) electrons. The van der Waals surface area contributed by atoms with Gasteiger partial charge in [-0.25, -0.2) is 8.78 Å². The fourth-order valence-corrected chi connectivity index (χ4v) is 2.70. The minimum Gasteiger partial charge on any atom is -0.377 e. The smallest absolute Gasteiger partial charge is 0.260 e. The van der Waals surface area contributed by atoms with Crippen LogP contribution in [0, 0.1) is 17.6 Å². The lowest BCUT2D eigenvalue weighted by Gasteiger charge is -2.36. The van der Waals surface area contributed by atoms with Crippen molar-refractivity contribution < 1.29 is 18.3 Å². The highest BCUT2D eigenvalue weighted by Crippen LogP contribution is 2.35. The first-order chi connectivity index (χ1) is 9.66. The van der Waals surface area contributed by atoms with Crippen molar-refractivity contribution in [2.45, 2.75) is 25.3 Å². The van der Waals surface area contributed by atoms with E-state index in [2.05, 4.69) is 0 Å². The maximum absolute atomic E-state index is 13.7. The van der Waals surface area contributed by atoms with Gasteiger partial charge >= 0.3 is 0 Å². The van der Waals surface area contributed by atoms with Crippen LogP contribution in [-0.4, -0.2) is 36.6 Å². The van der Waals surface area contributed by atoms with Gasteiger partial charge < -0.3 is 9.64 Å². The predicted molar refractivity (Wildman–Crippen MR) is 69.3 cm³/mol. The summed E-state index contributed by atoms with van der Waals surface area (Å²) in [5.41, 5.74) is -0.449. The summed E-state index contributed by atoms with van der Waals surface area (Å²) in [5, 5.41) is 0. The van der Waals surface area contributed by atoms with Crippen LogP contribution in [0.15, 0.2) is 18.2 Å². The minimum atomic E-state index is -0.799. The number of carbonyl (C=O) groups is 1. The summed E-state index contributed by atoms with van der Waals surface area (Å²) >= 11 is 0. The molecule has 3 nitrogen and oxygen atoms in total. The molecule has 3 rings (SSSR count). The van der Waals surface area contributed by atoms with E-state index in [-0.39, 0.29) is 6.04 Å². The summed E-state index contributed by atoms with van der Waals surface area (Å²) in [6.45, 7) is 1.27. The molecule has 1 amide bonds. The minimum absolute atomic E-state index is 0.0669. The first kappa shape index (κ1) is 13.5. The number of hydrogen-bond acceptors (Lipinski definition) is 2. The number of benzene rings is 1. The van der Waals surface area contributed by atoms with Crippen molar-refractivity contribution in [1.29, 1.82) is 0 Å². The molecular weight excluding hydrogens is 264 g/mol. The summed E-state index contributed by atoms with van der Waals surface area (Å²) in [5.74, 6) is -1.53. The zero-order chi connectivity index (χ0) is 14.1. The van der Waals surface area contributed by atoms with E-state index >= 15 is 0 Å². The SMILES string of the molecule is O=C(c1c(F)cccc1F)N1CCOCC1CC1CC1. The maximum Gasteiger partial charge on any atom is 0.260 e. The largest absolute Gasteiger partial charge is 0.377 e. The van der Waals surface area contributed by atoms with E-state index in [1.54, 1.807) is 4.90 Å². The fourth-order valence-electron chi connectivity index (χ4n) is 2.70. The van der Waals surface area contributed by atoms with Gasteiger partial charge in [0.25, 0.3) is 5.91 Å². The number of ether oxygens (including phenoxy) is 1. The Bertz CT molecular complexity index is 496. The molecule has 20 heavy (non-hydrogen) atoms. The highest BCUT2D eigenvalue weighted by atomic mass is 19.1. The van der Waals surface area contributed by atoms with Crippen LogP contribution in [0.1, 0.15) is 29.6 Å². The number of rotatable bonds is 3. The zero-order valence-corrected chi connectivity index (χ0v) is 11.1. The first-order valence-corrected chi connectivity index (χ1v) is 6.99. The Hall–Kier alpha value is -1.49. The van der Waals surface area contributed by atoms with Crippen LogP contribution in [0.4, 0.5) is 8.78 Å². The molecule has 1 aromatic rings. The number of carbonyl (C=O) groups excluding carboxylic acids is 1. The van der Waals surface area contributed by atoms with Gasteiger partial charge in [-0.3, -0.25) is 4.79 Å². The first-order valence-electron chi connectivity index (χ1n) is 6.99. The van der Waals surface area contributed by atoms with Gasteiger partial charge in [0, 0.05) is 6.54 Å². The van der Waals surface area contributed by atoms with Crippen molar-refractivity contribution in [2.75, 3.05) is 19.8 Å². The van der Waals surface area contributed by atoms with Gasteiger partial charge in [0.05, 0.1) is 19.3 Å². The average Bonchev–Trinajstić information content (AvgIpc) is 3.23. The van der Waals surface area contributed by atoms with Crippen molar-refractivity contribution in [1.82, 2.24) is 4.90 Å². The molecule has 1 saturated carbocycles. The molecule has 1 atom stereocenters. The summed E-state index contributed by atoms with van der Waals surface area (Å²) in [7, 11) is 0. The van der Waals surface area contributed by atoms with Crippen LogP contribution < -0.4 is 0 Å². The Kier molecular flexibility index (Phi) is 3.70. The molecule has 2 aliphatic rings. The monoisotopic (exact) mass is 281 g/mol. The normalized spacial score (nSPS) is 22.9. The summed E-state index contributed by atoms with van der Waals surface area (Å²) < 4.78 is 32.9. The van der Waals surface area contributed by atoms with Crippen LogP contribution in [0.2, 0.25) is 0 Å². The number of halogens is 2. The van der Waals surface area contributed by atoms with Gasteiger partial charge in [-0.1, -0.05) is 18.9 Å². The van der Waals surface area contributed by atoms with E-state index in [4.69, 9.17) is 4.74 Å². The maximum atomic E-state index is 13.7. The third-order valence-electron chi connectivity index (χ3n) is 3.97. The van der Waals surface area contributed by atoms with E-state index in [9.17, 15) is 13.6 Å². The molecular formula is C15H17F2NO2. The molecule has 0 N–H and O–H groups in total. The standard InChI is InChI=1S/C15H17F2NO2/c16-12-2-1-3-13(17)14(12)15(19)18-6-7-20-9-11(18)8-10-4-5-10/h1-3,10-11H,4-9H2. The van der Waals surface area contributed by atoms with Gasteiger partial charge in [-0.05, 0) is 24.5 Å². The molecule has 1 aliphatic heterocycles. The number of hydrogen-bond donors (Lipinski definition) is 0.